The van der Waals surface area contributed by atoms with Crippen molar-refractivity contribution in [2.24, 2.45) is 0 Å². The van der Waals surface area contributed by atoms with Crippen LogP contribution in [0.1, 0.15) is 38.3 Å². The fourth-order valence-corrected chi connectivity index (χ4v) is 4.12. The van der Waals surface area contributed by atoms with Crippen LogP contribution in [-0.2, 0) is 22.5 Å². The van der Waals surface area contributed by atoms with Crippen molar-refractivity contribution in [1.29, 1.82) is 0 Å². The number of carbonyl (C=O) groups is 2. The lowest BCUT2D eigenvalue weighted by Gasteiger charge is -2.38. The molecule has 2 aliphatic rings. The van der Waals surface area contributed by atoms with Gasteiger partial charge >= 0.3 is 6.09 Å². The third kappa shape index (κ3) is 6.03. The fraction of sp³-hybridized carbons (Fsp3) is 0.652. The maximum atomic E-state index is 12.8. The van der Waals surface area contributed by atoms with Gasteiger partial charge in [-0.25, -0.2) is 4.79 Å². The molecule has 0 aliphatic carbocycles. The molecule has 0 saturated carbocycles. The first-order valence-corrected chi connectivity index (χ1v) is 11.0. The molecule has 0 radical (unpaired) electrons. The van der Waals surface area contributed by atoms with Crippen molar-refractivity contribution in [3.8, 4) is 5.75 Å². The Labute approximate surface area is 185 Å². The smallest absolute Gasteiger partial charge is 0.407 e. The first kappa shape index (κ1) is 23.2. The molecule has 0 aromatic heterocycles. The van der Waals surface area contributed by atoms with Gasteiger partial charge in [0.1, 0.15) is 11.4 Å². The number of nitrogens with zero attached hydrogens (tertiary/aromatic N) is 3. The predicted octanol–water partition coefficient (Wildman–Crippen LogP) is 2.25. The highest BCUT2D eigenvalue weighted by molar-refractivity contribution is 5.78. The first-order chi connectivity index (χ1) is 14.7. The average molecular weight is 433 g/mol. The van der Waals surface area contributed by atoms with Gasteiger partial charge in [-0.15, -0.1) is 0 Å². The number of fused-ring (bicyclic) bond motifs is 1. The zero-order valence-corrected chi connectivity index (χ0v) is 19.5. The largest absolute Gasteiger partial charge is 0.496 e. The summed E-state index contributed by atoms with van der Waals surface area (Å²) >= 11 is 0. The number of alkyl carbamates (subject to hydrolysis) is 1. The Morgan fingerprint density at radius 3 is 2.42 bits per heavy atom. The maximum Gasteiger partial charge on any atom is 0.407 e. The number of hydrogen-bond donors (Lipinski definition) is 1. The van der Waals surface area contributed by atoms with Crippen LogP contribution in [0, 0.1) is 0 Å². The molecule has 1 aromatic carbocycles. The van der Waals surface area contributed by atoms with Gasteiger partial charge in [0, 0.05) is 69.0 Å². The second kappa shape index (κ2) is 9.77. The van der Waals surface area contributed by atoms with Crippen molar-refractivity contribution >= 4 is 17.7 Å². The Morgan fingerprint density at radius 2 is 1.77 bits per heavy atom. The molecule has 31 heavy (non-hydrogen) atoms. The van der Waals surface area contributed by atoms with E-state index >= 15 is 0 Å². The minimum absolute atomic E-state index is 0.0360. The van der Waals surface area contributed by atoms with E-state index in [-0.39, 0.29) is 18.9 Å². The molecule has 0 bridgehead atoms. The van der Waals surface area contributed by atoms with Gasteiger partial charge in [0.2, 0.25) is 5.91 Å². The van der Waals surface area contributed by atoms with Gasteiger partial charge in [-0.2, -0.15) is 0 Å². The summed E-state index contributed by atoms with van der Waals surface area (Å²) in [5, 5.41) is 2.67. The van der Waals surface area contributed by atoms with Crippen LogP contribution in [0.25, 0.3) is 0 Å². The summed E-state index contributed by atoms with van der Waals surface area (Å²) in [5.74, 6) is 0.931. The van der Waals surface area contributed by atoms with Gasteiger partial charge in [0.15, 0.2) is 0 Å². The summed E-state index contributed by atoms with van der Waals surface area (Å²) in [7, 11) is 3.84. The van der Waals surface area contributed by atoms with Crippen LogP contribution in [0.5, 0.6) is 5.75 Å². The van der Waals surface area contributed by atoms with Crippen molar-refractivity contribution in [2.75, 3.05) is 58.3 Å². The highest BCUT2D eigenvalue weighted by Gasteiger charge is 2.28. The highest BCUT2D eigenvalue weighted by Crippen LogP contribution is 2.36. The second-order valence-electron chi connectivity index (χ2n) is 9.28. The monoisotopic (exact) mass is 432 g/mol. The number of anilines is 1. The number of nitrogens with one attached hydrogen (secondary N) is 1. The molecule has 8 heteroatoms. The quantitative estimate of drug-likeness (QED) is 0.769. The summed E-state index contributed by atoms with van der Waals surface area (Å²) in [4.78, 5) is 31.3. The van der Waals surface area contributed by atoms with E-state index in [9.17, 15) is 9.59 Å². The summed E-state index contributed by atoms with van der Waals surface area (Å²) in [6.07, 6.45) is 0.527. The van der Waals surface area contributed by atoms with Crippen molar-refractivity contribution in [2.45, 2.75) is 45.8 Å². The van der Waals surface area contributed by atoms with Gasteiger partial charge in [0.25, 0.3) is 0 Å². The number of ether oxygens (including phenoxy) is 2. The Bertz CT molecular complexity index is 798. The van der Waals surface area contributed by atoms with Crippen molar-refractivity contribution in [3.63, 3.8) is 0 Å². The minimum atomic E-state index is -0.552. The molecular weight excluding hydrogens is 396 g/mol. The summed E-state index contributed by atoms with van der Waals surface area (Å²) in [6.45, 7) is 10.9. The number of amides is 2. The van der Waals surface area contributed by atoms with Gasteiger partial charge in [0.05, 0.1) is 7.11 Å². The molecule has 2 aliphatic heterocycles. The van der Waals surface area contributed by atoms with Crippen LogP contribution in [0.15, 0.2) is 12.1 Å². The number of carbonyl (C=O) groups excluding carboxylic acids is 2. The van der Waals surface area contributed by atoms with E-state index in [0.29, 0.717) is 13.1 Å². The molecule has 1 fully saturated rings. The van der Waals surface area contributed by atoms with Crippen LogP contribution in [0.3, 0.4) is 0 Å². The van der Waals surface area contributed by atoms with E-state index in [0.717, 1.165) is 38.3 Å². The molecule has 2 heterocycles. The average Bonchev–Trinajstić information content (AvgIpc) is 2.72. The molecule has 1 aromatic rings. The number of hydrogen-bond acceptors (Lipinski definition) is 6. The zero-order valence-electron chi connectivity index (χ0n) is 19.5. The van der Waals surface area contributed by atoms with E-state index in [1.165, 1.54) is 16.8 Å². The minimum Gasteiger partial charge on any atom is -0.496 e. The molecular formula is C23H36N4O4. The number of rotatable bonds is 5. The lowest BCUT2D eigenvalue weighted by atomic mass is 9.95. The number of likely N-dealkylation sites (N-methyl/N-ethyl adjacent to an activating group) is 1. The van der Waals surface area contributed by atoms with Crippen molar-refractivity contribution in [3.05, 3.63) is 23.3 Å². The van der Waals surface area contributed by atoms with E-state index in [2.05, 4.69) is 34.3 Å². The molecule has 3 rings (SSSR count). The standard InChI is InChI=1S/C23H36N4O4/c1-23(2,3)31-22(29)24-10-8-21(28)27-11-9-17-18(16-27)19(6-7-20(17)30-5)26-14-12-25(4)13-15-26/h6-7H,8-16H2,1-5H3,(H,24,29). The number of methoxy groups -OCH3 is 1. The topological polar surface area (TPSA) is 74.4 Å². The lowest BCUT2D eigenvalue weighted by Crippen LogP contribution is -2.45. The molecule has 1 N–H and O–H groups in total. The van der Waals surface area contributed by atoms with Crippen molar-refractivity contribution in [1.82, 2.24) is 15.1 Å². The SMILES string of the molecule is COc1ccc(N2CCN(C)CC2)c2c1CCN(C(=O)CCNC(=O)OC(C)(C)C)C2. The summed E-state index contributed by atoms with van der Waals surface area (Å²) in [5.41, 5.74) is 3.04. The van der Waals surface area contributed by atoms with Crippen LogP contribution < -0.4 is 15.0 Å². The van der Waals surface area contributed by atoms with Gasteiger partial charge in [-0.05, 0) is 46.4 Å². The molecule has 0 atom stereocenters. The third-order valence-electron chi connectivity index (χ3n) is 5.77. The molecule has 1 saturated heterocycles. The Kier molecular flexibility index (Phi) is 7.30. The maximum absolute atomic E-state index is 12.8. The Hall–Kier alpha value is -2.48. The lowest BCUT2D eigenvalue weighted by molar-refractivity contribution is -0.132. The van der Waals surface area contributed by atoms with E-state index < -0.39 is 11.7 Å². The van der Waals surface area contributed by atoms with Crippen LogP contribution in [0.2, 0.25) is 0 Å². The number of benzene rings is 1. The van der Waals surface area contributed by atoms with Crippen LogP contribution >= 0.6 is 0 Å². The van der Waals surface area contributed by atoms with Crippen LogP contribution in [-0.4, -0.2) is 80.8 Å². The van der Waals surface area contributed by atoms with Gasteiger partial charge < -0.3 is 29.5 Å². The van der Waals surface area contributed by atoms with E-state index in [1.54, 1.807) is 7.11 Å². The molecule has 8 nitrogen and oxygen atoms in total. The molecule has 0 unspecified atom stereocenters. The second-order valence-corrected chi connectivity index (χ2v) is 9.28. The normalized spacial score (nSPS) is 17.2. The molecule has 2 amide bonds. The Morgan fingerprint density at radius 1 is 1.06 bits per heavy atom. The van der Waals surface area contributed by atoms with Crippen molar-refractivity contribution < 1.29 is 19.1 Å². The predicted molar refractivity (Wildman–Crippen MR) is 121 cm³/mol. The van der Waals surface area contributed by atoms with Gasteiger partial charge in [-0.3, -0.25) is 4.79 Å². The molecule has 0 spiro atoms. The number of piperazine rings is 1. The molecule has 172 valence electrons. The zero-order chi connectivity index (χ0) is 22.6. The first-order valence-electron chi connectivity index (χ1n) is 11.0. The Balaban J connectivity index is 1.65. The van der Waals surface area contributed by atoms with E-state index in [1.807, 2.05) is 25.7 Å². The highest BCUT2D eigenvalue weighted by atomic mass is 16.6. The van der Waals surface area contributed by atoms with E-state index in [4.69, 9.17) is 9.47 Å². The fourth-order valence-electron chi connectivity index (χ4n) is 4.12. The summed E-state index contributed by atoms with van der Waals surface area (Å²) < 4.78 is 10.8. The summed E-state index contributed by atoms with van der Waals surface area (Å²) in [6, 6.07) is 4.18. The third-order valence-corrected chi connectivity index (χ3v) is 5.77. The van der Waals surface area contributed by atoms with Crippen LogP contribution in [0.4, 0.5) is 10.5 Å². The van der Waals surface area contributed by atoms with Gasteiger partial charge in [-0.1, -0.05) is 0 Å².